The number of hydroxylamine groups is 4. The van der Waals surface area contributed by atoms with E-state index in [-0.39, 0.29) is 24.4 Å². The average molecular weight is 716 g/mol. The molecule has 2 aliphatic rings. The van der Waals surface area contributed by atoms with Gasteiger partial charge in [0.1, 0.15) is 12.2 Å². The Morgan fingerprint density at radius 3 is 1.26 bits per heavy atom. The van der Waals surface area contributed by atoms with Crippen LogP contribution in [0.2, 0.25) is 10.0 Å². The second-order valence-electron chi connectivity index (χ2n) is 12.4. The van der Waals surface area contributed by atoms with E-state index >= 15 is 0 Å². The maximum Gasteiger partial charge on any atom is 0.349 e. The van der Waals surface area contributed by atoms with Crippen LogP contribution < -0.4 is 0 Å². The zero-order chi connectivity index (χ0) is 34.7. The minimum absolute atomic E-state index is 0.0322. The lowest BCUT2D eigenvalue weighted by atomic mass is 10.0. The summed E-state index contributed by atoms with van der Waals surface area (Å²) in [6.07, 6.45) is 4.30. The van der Waals surface area contributed by atoms with Crippen LogP contribution in [-0.2, 0) is 28.7 Å². The number of ether oxygens (including phenoxy) is 2. The number of carbonyl (C=O) groups excluding carboxylic acids is 2. The molecule has 0 spiro atoms. The highest BCUT2D eigenvalue weighted by Crippen LogP contribution is 2.33. The second-order valence-corrected chi connectivity index (χ2v) is 13.2. The lowest BCUT2D eigenvalue weighted by molar-refractivity contribution is -0.198. The Morgan fingerprint density at radius 2 is 0.900 bits per heavy atom. The third kappa shape index (κ3) is 10.3. The molecule has 4 aromatic carbocycles. The minimum Gasteiger partial charge on any atom is -0.365 e. The quantitative estimate of drug-likeness (QED) is 0.136. The topological polar surface area (TPSA) is 77.5 Å². The fraction of sp³-hybridized carbons (Fsp3) is 0.300. The first kappa shape index (κ1) is 35.8. The SMILES string of the molecule is O=C(/C=C/C(=O)ON1CCC(OC(c2ccccc2)c2cccc(Cl)c2)CC1)ON1CCC(OC(c2ccccc2)c2cccc(Cl)c2)CC1. The molecule has 2 heterocycles. The molecule has 0 aliphatic carbocycles. The molecule has 0 N–H and O–H groups in total. The Kier molecular flexibility index (Phi) is 12.7. The van der Waals surface area contributed by atoms with Crippen molar-refractivity contribution in [1.82, 2.24) is 10.1 Å². The molecule has 2 saturated heterocycles. The Labute approximate surface area is 303 Å². The Hall–Kier alpha value is -4.02. The predicted octanol–water partition coefficient (Wildman–Crippen LogP) is 8.31. The van der Waals surface area contributed by atoms with Crippen LogP contribution in [0.25, 0.3) is 0 Å². The molecule has 0 saturated carbocycles. The molecule has 260 valence electrons. The van der Waals surface area contributed by atoms with Crippen molar-refractivity contribution < 1.29 is 28.7 Å². The highest BCUT2D eigenvalue weighted by Gasteiger charge is 2.28. The second kappa shape index (κ2) is 17.8. The normalized spacial score (nSPS) is 17.7. The number of rotatable bonds is 12. The van der Waals surface area contributed by atoms with Gasteiger partial charge in [-0.1, -0.05) is 108 Å². The lowest BCUT2D eigenvalue weighted by Crippen LogP contribution is -2.39. The Bertz CT molecular complexity index is 1600. The van der Waals surface area contributed by atoms with Crippen LogP contribution in [0.5, 0.6) is 0 Å². The van der Waals surface area contributed by atoms with Crippen molar-refractivity contribution in [2.75, 3.05) is 26.2 Å². The maximum absolute atomic E-state index is 12.5. The van der Waals surface area contributed by atoms with Gasteiger partial charge in [-0.25, -0.2) is 9.59 Å². The summed E-state index contributed by atoms with van der Waals surface area (Å²) < 4.78 is 13.1. The van der Waals surface area contributed by atoms with E-state index < -0.39 is 11.9 Å². The fourth-order valence-corrected chi connectivity index (χ4v) is 6.65. The van der Waals surface area contributed by atoms with Gasteiger partial charge in [0, 0.05) is 48.4 Å². The van der Waals surface area contributed by atoms with Crippen molar-refractivity contribution in [2.24, 2.45) is 0 Å². The molecule has 0 bridgehead atoms. The number of piperidine rings is 2. The van der Waals surface area contributed by atoms with Crippen molar-refractivity contribution in [3.8, 4) is 0 Å². The summed E-state index contributed by atoms with van der Waals surface area (Å²) in [6.45, 7) is 2.02. The fourth-order valence-electron chi connectivity index (χ4n) is 6.25. The molecule has 2 unspecified atom stereocenters. The van der Waals surface area contributed by atoms with Crippen LogP contribution in [0.3, 0.4) is 0 Å². The summed E-state index contributed by atoms with van der Waals surface area (Å²) in [6, 6.07) is 35.5. The van der Waals surface area contributed by atoms with Crippen molar-refractivity contribution >= 4 is 35.1 Å². The van der Waals surface area contributed by atoms with E-state index in [1.807, 2.05) is 109 Å². The molecule has 2 aliphatic heterocycles. The van der Waals surface area contributed by atoms with Crippen LogP contribution in [0.15, 0.2) is 121 Å². The van der Waals surface area contributed by atoms with E-state index in [1.54, 1.807) is 10.1 Å². The highest BCUT2D eigenvalue weighted by atomic mass is 35.5. The molecular weight excluding hydrogens is 675 g/mol. The number of hydrogen-bond acceptors (Lipinski definition) is 8. The van der Waals surface area contributed by atoms with Gasteiger partial charge in [0.15, 0.2) is 0 Å². The van der Waals surface area contributed by atoms with E-state index in [4.69, 9.17) is 42.4 Å². The van der Waals surface area contributed by atoms with Gasteiger partial charge in [-0.05, 0) is 72.2 Å². The van der Waals surface area contributed by atoms with Crippen LogP contribution >= 0.6 is 23.2 Å². The highest BCUT2D eigenvalue weighted by molar-refractivity contribution is 6.30. The van der Waals surface area contributed by atoms with Gasteiger partial charge < -0.3 is 19.1 Å². The van der Waals surface area contributed by atoms with Gasteiger partial charge in [-0.2, -0.15) is 0 Å². The van der Waals surface area contributed by atoms with Crippen LogP contribution in [0.1, 0.15) is 60.1 Å². The van der Waals surface area contributed by atoms with Crippen molar-refractivity contribution in [3.63, 3.8) is 0 Å². The van der Waals surface area contributed by atoms with Gasteiger partial charge in [0.2, 0.25) is 0 Å². The van der Waals surface area contributed by atoms with E-state index in [0.29, 0.717) is 61.9 Å². The molecule has 50 heavy (non-hydrogen) atoms. The van der Waals surface area contributed by atoms with Gasteiger partial charge in [-0.15, -0.1) is 10.1 Å². The molecule has 6 rings (SSSR count). The Balaban J connectivity index is 0.928. The zero-order valence-corrected chi connectivity index (χ0v) is 29.1. The van der Waals surface area contributed by atoms with E-state index in [9.17, 15) is 9.59 Å². The number of benzene rings is 4. The largest absolute Gasteiger partial charge is 0.365 e. The minimum atomic E-state index is -0.637. The average Bonchev–Trinajstić information content (AvgIpc) is 3.14. The Morgan fingerprint density at radius 1 is 0.540 bits per heavy atom. The first-order valence-corrected chi connectivity index (χ1v) is 17.7. The third-order valence-electron chi connectivity index (χ3n) is 8.76. The summed E-state index contributed by atoms with van der Waals surface area (Å²) in [5.74, 6) is -1.27. The third-order valence-corrected chi connectivity index (χ3v) is 9.23. The van der Waals surface area contributed by atoms with Gasteiger partial charge >= 0.3 is 11.9 Å². The lowest BCUT2D eigenvalue weighted by Gasteiger charge is -2.33. The summed E-state index contributed by atoms with van der Waals surface area (Å²) in [4.78, 5) is 36.0. The number of halogens is 2. The van der Waals surface area contributed by atoms with Gasteiger partial charge in [0.25, 0.3) is 0 Å². The zero-order valence-electron chi connectivity index (χ0n) is 27.6. The van der Waals surface area contributed by atoms with Crippen LogP contribution in [0.4, 0.5) is 0 Å². The van der Waals surface area contributed by atoms with E-state index in [0.717, 1.165) is 34.4 Å². The predicted molar refractivity (Wildman–Crippen MR) is 192 cm³/mol. The molecule has 2 atom stereocenters. The van der Waals surface area contributed by atoms with E-state index in [2.05, 4.69) is 0 Å². The van der Waals surface area contributed by atoms with Crippen molar-refractivity contribution in [1.29, 1.82) is 0 Å². The van der Waals surface area contributed by atoms with Gasteiger partial charge in [-0.3, -0.25) is 0 Å². The van der Waals surface area contributed by atoms with Gasteiger partial charge in [0.05, 0.1) is 12.2 Å². The van der Waals surface area contributed by atoms with Crippen molar-refractivity contribution in [2.45, 2.75) is 50.1 Å². The standard InChI is InChI=1S/C40H40Cl2N2O6/c41-33-15-7-13-31(27-33)39(29-9-3-1-4-10-29)47-35-19-23-43(24-20-35)49-37(45)17-18-38(46)50-44-25-21-36(22-26-44)48-40(30-11-5-2-6-12-30)32-14-8-16-34(42)28-32/h1-18,27-28,35-36,39-40H,19-26H2/b18-17+. The summed E-state index contributed by atoms with van der Waals surface area (Å²) >= 11 is 12.6. The molecule has 8 nitrogen and oxygen atoms in total. The monoisotopic (exact) mass is 714 g/mol. The molecule has 0 aromatic heterocycles. The first-order valence-electron chi connectivity index (χ1n) is 16.9. The molecule has 10 heteroatoms. The summed E-state index contributed by atoms with van der Waals surface area (Å²) in [5, 5.41) is 4.52. The summed E-state index contributed by atoms with van der Waals surface area (Å²) in [5.41, 5.74) is 4.06. The van der Waals surface area contributed by atoms with Crippen LogP contribution in [-0.4, -0.2) is 60.5 Å². The molecule has 2 fully saturated rings. The molecular formula is C40H40Cl2N2O6. The first-order chi connectivity index (χ1) is 24.4. The van der Waals surface area contributed by atoms with Crippen molar-refractivity contribution in [3.05, 3.63) is 154 Å². The van der Waals surface area contributed by atoms with E-state index in [1.165, 1.54) is 0 Å². The van der Waals surface area contributed by atoms with Crippen LogP contribution in [0, 0.1) is 0 Å². The number of carbonyl (C=O) groups is 2. The molecule has 4 aromatic rings. The summed E-state index contributed by atoms with van der Waals surface area (Å²) in [7, 11) is 0. The smallest absolute Gasteiger partial charge is 0.349 e. The number of nitrogens with zero attached hydrogens (tertiary/aromatic N) is 2. The molecule has 0 amide bonds. The number of hydrogen-bond donors (Lipinski definition) is 0. The maximum atomic E-state index is 12.5. The molecule has 0 radical (unpaired) electrons.